The van der Waals surface area contributed by atoms with E-state index in [0.29, 0.717) is 5.69 Å². The standard InChI is InChI=1S/C12H22N4O/c1-5-10-7-11(16(4)15-10)12(17)14-9(3)6-8(2)13/h7-9H,5-6,13H2,1-4H3,(H,14,17). The Bertz CT molecular complexity index is 384. The van der Waals surface area contributed by atoms with Gasteiger partial charge in [-0.2, -0.15) is 5.10 Å². The van der Waals surface area contributed by atoms with Gasteiger partial charge in [-0.05, 0) is 32.8 Å². The normalized spacial score (nSPS) is 14.4. The van der Waals surface area contributed by atoms with Gasteiger partial charge in [0.05, 0.1) is 5.69 Å². The summed E-state index contributed by atoms with van der Waals surface area (Å²) in [6.07, 6.45) is 1.60. The van der Waals surface area contributed by atoms with Crippen molar-refractivity contribution >= 4 is 5.91 Å². The second-order valence-electron chi connectivity index (χ2n) is 4.59. The third-order valence-electron chi connectivity index (χ3n) is 2.63. The Labute approximate surface area is 102 Å². The Morgan fingerprint density at radius 1 is 1.59 bits per heavy atom. The van der Waals surface area contributed by atoms with Crippen molar-refractivity contribution in [3.63, 3.8) is 0 Å². The van der Waals surface area contributed by atoms with Crippen LogP contribution in [0.1, 0.15) is 43.4 Å². The van der Waals surface area contributed by atoms with Crippen LogP contribution in [0.4, 0.5) is 0 Å². The maximum Gasteiger partial charge on any atom is 0.269 e. The van der Waals surface area contributed by atoms with Gasteiger partial charge in [0.25, 0.3) is 5.91 Å². The summed E-state index contributed by atoms with van der Waals surface area (Å²) in [5, 5.41) is 7.18. The van der Waals surface area contributed by atoms with Crippen LogP contribution in [0.5, 0.6) is 0 Å². The molecule has 5 nitrogen and oxygen atoms in total. The fourth-order valence-electron chi connectivity index (χ4n) is 1.83. The van der Waals surface area contributed by atoms with E-state index in [2.05, 4.69) is 10.4 Å². The van der Waals surface area contributed by atoms with Gasteiger partial charge in [0.15, 0.2) is 0 Å². The lowest BCUT2D eigenvalue weighted by atomic mass is 10.1. The van der Waals surface area contributed by atoms with Crippen molar-refractivity contribution in [2.24, 2.45) is 12.8 Å². The molecule has 1 rings (SSSR count). The van der Waals surface area contributed by atoms with E-state index < -0.39 is 0 Å². The Kier molecular flexibility index (Phi) is 4.69. The van der Waals surface area contributed by atoms with Gasteiger partial charge < -0.3 is 11.1 Å². The number of nitrogens with zero attached hydrogens (tertiary/aromatic N) is 2. The molecule has 0 saturated carbocycles. The van der Waals surface area contributed by atoms with E-state index in [1.807, 2.05) is 26.8 Å². The molecule has 2 unspecified atom stereocenters. The first kappa shape index (κ1) is 13.7. The van der Waals surface area contributed by atoms with E-state index in [-0.39, 0.29) is 18.0 Å². The number of carbonyl (C=O) groups is 1. The molecule has 0 spiro atoms. The van der Waals surface area contributed by atoms with Crippen molar-refractivity contribution < 1.29 is 4.79 Å². The molecule has 0 aliphatic heterocycles. The molecule has 0 fully saturated rings. The molecule has 2 atom stereocenters. The fraction of sp³-hybridized carbons (Fsp3) is 0.667. The van der Waals surface area contributed by atoms with E-state index in [4.69, 9.17) is 5.73 Å². The minimum Gasteiger partial charge on any atom is -0.348 e. The van der Waals surface area contributed by atoms with Crippen LogP contribution in [0.3, 0.4) is 0 Å². The van der Waals surface area contributed by atoms with Crippen molar-refractivity contribution in [3.8, 4) is 0 Å². The van der Waals surface area contributed by atoms with Crippen molar-refractivity contribution in [1.29, 1.82) is 0 Å². The topological polar surface area (TPSA) is 72.9 Å². The monoisotopic (exact) mass is 238 g/mol. The van der Waals surface area contributed by atoms with Gasteiger partial charge in [0.2, 0.25) is 0 Å². The molecule has 0 aliphatic rings. The van der Waals surface area contributed by atoms with Crippen LogP contribution in [-0.2, 0) is 13.5 Å². The zero-order chi connectivity index (χ0) is 13.0. The van der Waals surface area contributed by atoms with Crippen molar-refractivity contribution in [2.45, 2.75) is 45.7 Å². The molecule has 0 radical (unpaired) electrons. The van der Waals surface area contributed by atoms with Gasteiger partial charge in [-0.1, -0.05) is 6.92 Å². The molecule has 96 valence electrons. The van der Waals surface area contributed by atoms with E-state index in [0.717, 1.165) is 18.5 Å². The molecular weight excluding hydrogens is 216 g/mol. The molecule has 0 saturated heterocycles. The minimum atomic E-state index is -0.0900. The summed E-state index contributed by atoms with van der Waals surface area (Å²) >= 11 is 0. The lowest BCUT2D eigenvalue weighted by Gasteiger charge is -2.15. The highest BCUT2D eigenvalue weighted by molar-refractivity contribution is 5.92. The Balaban J connectivity index is 2.66. The van der Waals surface area contributed by atoms with Crippen LogP contribution in [-0.4, -0.2) is 27.8 Å². The number of amides is 1. The Morgan fingerprint density at radius 3 is 2.71 bits per heavy atom. The molecular formula is C12H22N4O. The predicted octanol–water partition coefficient (Wildman–Crippen LogP) is 0.838. The molecule has 1 amide bonds. The summed E-state index contributed by atoms with van der Waals surface area (Å²) in [7, 11) is 1.78. The zero-order valence-corrected chi connectivity index (χ0v) is 11.0. The molecule has 0 bridgehead atoms. The van der Waals surface area contributed by atoms with Crippen molar-refractivity contribution in [1.82, 2.24) is 15.1 Å². The third-order valence-corrected chi connectivity index (χ3v) is 2.63. The number of aromatic nitrogens is 2. The van der Waals surface area contributed by atoms with Gasteiger partial charge >= 0.3 is 0 Å². The zero-order valence-electron chi connectivity index (χ0n) is 11.0. The summed E-state index contributed by atoms with van der Waals surface area (Å²) in [4.78, 5) is 12.0. The highest BCUT2D eigenvalue weighted by Gasteiger charge is 2.15. The van der Waals surface area contributed by atoms with E-state index in [9.17, 15) is 4.79 Å². The fourth-order valence-corrected chi connectivity index (χ4v) is 1.83. The summed E-state index contributed by atoms with van der Waals surface area (Å²) < 4.78 is 1.62. The van der Waals surface area contributed by atoms with Crippen LogP contribution < -0.4 is 11.1 Å². The van der Waals surface area contributed by atoms with Gasteiger partial charge in [-0.15, -0.1) is 0 Å². The predicted molar refractivity (Wildman–Crippen MR) is 67.8 cm³/mol. The minimum absolute atomic E-state index is 0.0717. The number of nitrogens with two attached hydrogens (primary N) is 1. The maximum absolute atomic E-state index is 12.0. The van der Waals surface area contributed by atoms with Gasteiger partial charge in [-0.3, -0.25) is 9.48 Å². The Hall–Kier alpha value is -1.36. The molecule has 0 aromatic carbocycles. The number of nitrogens with one attached hydrogen (secondary N) is 1. The van der Waals surface area contributed by atoms with Gasteiger partial charge in [0, 0.05) is 19.1 Å². The average molecular weight is 238 g/mol. The second kappa shape index (κ2) is 5.82. The lowest BCUT2D eigenvalue weighted by Crippen LogP contribution is -2.37. The summed E-state index contributed by atoms with van der Waals surface area (Å²) in [6.45, 7) is 5.91. The summed E-state index contributed by atoms with van der Waals surface area (Å²) in [5.74, 6) is -0.0900. The average Bonchev–Trinajstić information content (AvgIpc) is 2.58. The molecule has 17 heavy (non-hydrogen) atoms. The molecule has 0 aliphatic carbocycles. The Morgan fingerprint density at radius 2 is 2.24 bits per heavy atom. The quantitative estimate of drug-likeness (QED) is 0.798. The number of hydrogen-bond acceptors (Lipinski definition) is 3. The molecule has 1 heterocycles. The van der Waals surface area contributed by atoms with Gasteiger partial charge in [-0.25, -0.2) is 0 Å². The highest BCUT2D eigenvalue weighted by Crippen LogP contribution is 2.05. The van der Waals surface area contributed by atoms with Crippen LogP contribution in [0.15, 0.2) is 6.07 Å². The first-order valence-corrected chi connectivity index (χ1v) is 6.03. The highest BCUT2D eigenvalue weighted by atomic mass is 16.2. The van der Waals surface area contributed by atoms with E-state index >= 15 is 0 Å². The molecule has 1 aromatic rings. The van der Waals surface area contributed by atoms with Crippen molar-refractivity contribution in [2.75, 3.05) is 0 Å². The first-order valence-electron chi connectivity index (χ1n) is 6.03. The number of aryl methyl sites for hydroxylation is 2. The van der Waals surface area contributed by atoms with E-state index in [1.54, 1.807) is 11.7 Å². The van der Waals surface area contributed by atoms with Crippen LogP contribution in [0.2, 0.25) is 0 Å². The molecule has 5 heteroatoms. The molecule has 3 N–H and O–H groups in total. The number of hydrogen-bond donors (Lipinski definition) is 2. The van der Waals surface area contributed by atoms with Gasteiger partial charge in [0.1, 0.15) is 5.69 Å². The van der Waals surface area contributed by atoms with Crippen molar-refractivity contribution in [3.05, 3.63) is 17.5 Å². The first-order chi connectivity index (χ1) is 7.93. The van der Waals surface area contributed by atoms with Crippen LogP contribution in [0.25, 0.3) is 0 Å². The van der Waals surface area contributed by atoms with E-state index in [1.165, 1.54) is 0 Å². The van der Waals surface area contributed by atoms with Crippen LogP contribution >= 0.6 is 0 Å². The third kappa shape index (κ3) is 3.85. The smallest absolute Gasteiger partial charge is 0.269 e. The summed E-state index contributed by atoms with van der Waals surface area (Å²) in [5.41, 5.74) is 7.22. The second-order valence-corrected chi connectivity index (χ2v) is 4.59. The largest absolute Gasteiger partial charge is 0.348 e. The molecule has 1 aromatic heterocycles. The SMILES string of the molecule is CCc1cc(C(=O)NC(C)CC(C)N)n(C)n1. The maximum atomic E-state index is 12.0. The lowest BCUT2D eigenvalue weighted by molar-refractivity contribution is 0.0928. The number of carbonyl (C=O) groups excluding carboxylic acids is 1. The van der Waals surface area contributed by atoms with Crippen LogP contribution in [0, 0.1) is 0 Å². The summed E-state index contributed by atoms with van der Waals surface area (Å²) in [6, 6.07) is 1.99. The number of rotatable bonds is 5.